The zero-order valence-electron chi connectivity index (χ0n) is 9.59. The SMILES string of the molecule is CC(C)CCCC(=O)c1cc(Cl)cc(Cl)c1. The third kappa shape index (κ3) is 4.54. The maximum atomic E-state index is 11.8. The van der Waals surface area contributed by atoms with E-state index in [1.807, 2.05) is 0 Å². The Kier molecular flexibility index (Phi) is 5.30. The predicted octanol–water partition coefficient (Wildman–Crippen LogP) is 5.00. The van der Waals surface area contributed by atoms with Gasteiger partial charge in [-0.2, -0.15) is 0 Å². The fourth-order valence-corrected chi connectivity index (χ4v) is 2.06. The van der Waals surface area contributed by atoms with Crippen LogP contribution in [-0.2, 0) is 0 Å². The van der Waals surface area contributed by atoms with Crippen molar-refractivity contribution in [3.8, 4) is 0 Å². The molecular weight excluding hydrogens is 243 g/mol. The van der Waals surface area contributed by atoms with Crippen LogP contribution < -0.4 is 0 Å². The van der Waals surface area contributed by atoms with Gasteiger partial charge in [-0.15, -0.1) is 0 Å². The topological polar surface area (TPSA) is 17.1 Å². The lowest BCUT2D eigenvalue weighted by Gasteiger charge is -2.05. The molecule has 0 fully saturated rings. The monoisotopic (exact) mass is 258 g/mol. The summed E-state index contributed by atoms with van der Waals surface area (Å²) in [7, 11) is 0. The van der Waals surface area contributed by atoms with Gasteiger partial charge in [0.15, 0.2) is 5.78 Å². The molecule has 0 spiro atoms. The molecule has 0 aliphatic heterocycles. The van der Waals surface area contributed by atoms with E-state index in [9.17, 15) is 4.79 Å². The lowest BCUT2D eigenvalue weighted by molar-refractivity contribution is 0.0978. The van der Waals surface area contributed by atoms with Gasteiger partial charge in [0.2, 0.25) is 0 Å². The van der Waals surface area contributed by atoms with Gasteiger partial charge in [-0.05, 0) is 30.5 Å². The van der Waals surface area contributed by atoms with Crippen molar-refractivity contribution in [2.45, 2.75) is 33.1 Å². The minimum Gasteiger partial charge on any atom is -0.294 e. The van der Waals surface area contributed by atoms with Crippen molar-refractivity contribution in [3.05, 3.63) is 33.8 Å². The van der Waals surface area contributed by atoms with Crippen LogP contribution in [0.3, 0.4) is 0 Å². The van der Waals surface area contributed by atoms with Crippen molar-refractivity contribution in [1.29, 1.82) is 0 Å². The number of ketones is 1. The number of carbonyl (C=O) groups excluding carboxylic acids is 1. The highest BCUT2D eigenvalue weighted by atomic mass is 35.5. The first-order chi connectivity index (χ1) is 7.49. The first-order valence-electron chi connectivity index (χ1n) is 5.48. The summed E-state index contributed by atoms with van der Waals surface area (Å²) in [5.74, 6) is 0.751. The zero-order valence-corrected chi connectivity index (χ0v) is 11.1. The summed E-state index contributed by atoms with van der Waals surface area (Å²) < 4.78 is 0. The summed E-state index contributed by atoms with van der Waals surface area (Å²) in [6.07, 6.45) is 2.55. The molecule has 0 atom stereocenters. The van der Waals surface area contributed by atoms with Crippen LogP contribution in [0.15, 0.2) is 18.2 Å². The maximum Gasteiger partial charge on any atom is 0.162 e. The van der Waals surface area contributed by atoms with E-state index in [4.69, 9.17) is 23.2 Å². The van der Waals surface area contributed by atoms with E-state index in [0.29, 0.717) is 27.9 Å². The van der Waals surface area contributed by atoms with E-state index in [0.717, 1.165) is 12.8 Å². The van der Waals surface area contributed by atoms with Crippen LogP contribution in [0.4, 0.5) is 0 Å². The molecule has 0 saturated carbocycles. The van der Waals surface area contributed by atoms with E-state index < -0.39 is 0 Å². The van der Waals surface area contributed by atoms with Crippen molar-refractivity contribution >= 4 is 29.0 Å². The molecule has 0 amide bonds. The highest BCUT2D eigenvalue weighted by Crippen LogP contribution is 2.20. The van der Waals surface area contributed by atoms with Crippen molar-refractivity contribution < 1.29 is 4.79 Å². The van der Waals surface area contributed by atoms with Gasteiger partial charge in [0.1, 0.15) is 0 Å². The number of halogens is 2. The highest BCUT2D eigenvalue weighted by Gasteiger charge is 2.08. The van der Waals surface area contributed by atoms with Gasteiger partial charge in [-0.25, -0.2) is 0 Å². The highest BCUT2D eigenvalue weighted by molar-refractivity contribution is 6.35. The molecule has 0 N–H and O–H groups in total. The Morgan fingerprint density at radius 3 is 2.25 bits per heavy atom. The largest absolute Gasteiger partial charge is 0.294 e. The van der Waals surface area contributed by atoms with Gasteiger partial charge in [0.25, 0.3) is 0 Å². The molecule has 0 bridgehead atoms. The first-order valence-corrected chi connectivity index (χ1v) is 6.24. The second-order valence-electron chi connectivity index (χ2n) is 4.37. The Hall–Kier alpha value is -0.530. The smallest absolute Gasteiger partial charge is 0.162 e. The quantitative estimate of drug-likeness (QED) is 0.680. The molecule has 1 rings (SSSR count). The first kappa shape index (κ1) is 13.5. The van der Waals surface area contributed by atoms with Gasteiger partial charge in [-0.3, -0.25) is 4.79 Å². The molecule has 0 radical (unpaired) electrons. The van der Waals surface area contributed by atoms with Gasteiger partial charge in [0, 0.05) is 22.0 Å². The molecule has 0 heterocycles. The van der Waals surface area contributed by atoms with Crippen molar-refractivity contribution in [2.24, 2.45) is 5.92 Å². The molecule has 16 heavy (non-hydrogen) atoms. The molecule has 1 aromatic rings. The van der Waals surface area contributed by atoms with Gasteiger partial charge in [0.05, 0.1) is 0 Å². The van der Waals surface area contributed by atoms with E-state index in [1.165, 1.54) is 0 Å². The number of benzene rings is 1. The fourth-order valence-electron chi connectivity index (χ4n) is 1.53. The summed E-state index contributed by atoms with van der Waals surface area (Å²) >= 11 is 11.7. The van der Waals surface area contributed by atoms with E-state index >= 15 is 0 Å². The molecule has 1 nitrogen and oxygen atoms in total. The van der Waals surface area contributed by atoms with Crippen molar-refractivity contribution in [3.63, 3.8) is 0 Å². The minimum absolute atomic E-state index is 0.116. The third-order valence-corrected chi connectivity index (χ3v) is 2.81. The summed E-state index contributed by atoms with van der Waals surface area (Å²) in [6, 6.07) is 4.98. The molecule has 0 saturated heterocycles. The zero-order chi connectivity index (χ0) is 12.1. The summed E-state index contributed by atoms with van der Waals surface area (Å²) in [5.41, 5.74) is 0.612. The minimum atomic E-state index is 0.116. The number of Topliss-reactive ketones (excluding diaryl/α,β-unsaturated/α-hetero) is 1. The average molecular weight is 259 g/mol. The second-order valence-corrected chi connectivity index (χ2v) is 5.24. The van der Waals surface area contributed by atoms with Gasteiger partial charge >= 0.3 is 0 Å². The van der Waals surface area contributed by atoms with Crippen LogP contribution in [-0.4, -0.2) is 5.78 Å². The Balaban J connectivity index is 2.59. The number of hydrogen-bond acceptors (Lipinski definition) is 1. The summed E-state index contributed by atoms with van der Waals surface area (Å²) in [6.45, 7) is 4.31. The van der Waals surface area contributed by atoms with Crippen LogP contribution >= 0.6 is 23.2 Å². The van der Waals surface area contributed by atoms with Crippen LogP contribution in [0.5, 0.6) is 0 Å². The molecular formula is C13H16Cl2O. The molecule has 0 aliphatic rings. The van der Waals surface area contributed by atoms with Crippen LogP contribution in [0, 0.1) is 5.92 Å². The maximum absolute atomic E-state index is 11.8. The molecule has 88 valence electrons. The predicted molar refractivity (Wildman–Crippen MR) is 69.5 cm³/mol. The van der Waals surface area contributed by atoms with Crippen LogP contribution in [0.2, 0.25) is 10.0 Å². The van der Waals surface area contributed by atoms with E-state index in [2.05, 4.69) is 13.8 Å². The van der Waals surface area contributed by atoms with E-state index in [-0.39, 0.29) is 5.78 Å². The third-order valence-electron chi connectivity index (χ3n) is 2.37. The second kappa shape index (κ2) is 6.27. The van der Waals surface area contributed by atoms with Gasteiger partial charge in [-0.1, -0.05) is 43.5 Å². The Morgan fingerprint density at radius 2 is 1.75 bits per heavy atom. The Bertz CT molecular complexity index is 352. The van der Waals surface area contributed by atoms with Crippen LogP contribution in [0.25, 0.3) is 0 Å². The standard InChI is InChI=1S/C13H16Cl2O/c1-9(2)4-3-5-13(16)10-6-11(14)8-12(15)7-10/h6-9H,3-5H2,1-2H3. The summed E-state index contributed by atoms with van der Waals surface area (Å²) in [5, 5.41) is 1.03. The number of hydrogen-bond donors (Lipinski definition) is 0. The molecule has 0 aliphatic carbocycles. The number of carbonyl (C=O) groups is 1. The van der Waals surface area contributed by atoms with E-state index in [1.54, 1.807) is 18.2 Å². The summed E-state index contributed by atoms with van der Waals surface area (Å²) in [4.78, 5) is 11.8. The Labute approximate surface area is 107 Å². The lowest BCUT2D eigenvalue weighted by atomic mass is 10.0. The number of rotatable bonds is 5. The molecule has 0 unspecified atom stereocenters. The van der Waals surface area contributed by atoms with Crippen molar-refractivity contribution in [1.82, 2.24) is 0 Å². The molecule has 0 aromatic heterocycles. The fraction of sp³-hybridized carbons (Fsp3) is 0.462. The molecule has 3 heteroatoms. The lowest BCUT2D eigenvalue weighted by Crippen LogP contribution is -2.00. The normalized spacial score (nSPS) is 10.8. The van der Waals surface area contributed by atoms with Crippen molar-refractivity contribution in [2.75, 3.05) is 0 Å². The molecule has 1 aromatic carbocycles. The van der Waals surface area contributed by atoms with Gasteiger partial charge < -0.3 is 0 Å². The Morgan fingerprint density at radius 1 is 1.19 bits per heavy atom. The average Bonchev–Trinajstić information content (AvgIpc) is 2.15. The van der Waals surface area contributed by atoms with Crippen LogP contribution in [0.1, 0.15) is 43.5 Å².